The molecule has 6 heteroatoms. The Labute approximate surface area is 165 Å². The van der Waals surface area contributed by atoms with Crippen molar-refractivity contribution in [2.24, 2.45) is 0 Å². The molecule has 144 valence electrons. The minimum atomic E-state index is -0.218. The van der Waals surface area contributed by atoms with Crippen LogP contribution in [-0.4, -0.2) is 36.1 Å². The van der Waals surface area contributed by atoms with Crippen molar-refractivity contribution < 1.29 is 9.53 Å². The minimum absolute atomic E-state index is 0.218. The Morgan fingerprint density at radius 3 is 2.68 bits per heavy atom. The summed E-state index contributed by atoms with van der Waals surface area (Å²) >= 11 is 0. The lowest BCUT2D eigenvalue weighted by Crippen LogP contribution is -2.21. The standard InChI is InChI=1S/C22H24N4O2/c1-3-28-21-7-5-4-6-20(21)25-22(27)18-14-19(16-24-15-18)26(2)13-10-17-8-11-23-12-9-17/h4-9,11-12,14-16H,3,10,13H2,1-2H3,(H,25,27). The second-order valence-electron chi connectivity index (χ2n) is 6.34. The number of benzene rings is 1. The molecule has 1 amide bonds. The molecule has 0 radical (unpaired) electrons. The first-order valence-electron chi connectivity index (χ1n) is 9.25. The van der Waals surface area contributed by atoms with E-state index in [2.05, 4.69) is 20.2 Å². The molecule has 2 aromatic heterocycles. The van der Waals surface area contributed by atoms with Crippen LogP contribution in [0.2, 0.25) is 0 Å². The first-order chi connectivity index (χ1) is 13.7. The van der Waals surface area contributed by atoms with E-state index in [9.17, 15) is 4.79 Å². The maximum atomic E-state index is 12.7. The molecule has 0 unspecified atom stereocenters. The summed E-state index contributed by atoms with van der Waals surface area (Å²) in [6, 6.07) is 13.2. The van der Waals surface area contributed by atoms with Crippen LogP contribution in [0.1, 0.15) is 22.8 Å². The predicted molar refractivity (Wildman–Crippen MR) is 111 cm³/mol. The van der Waals surface area contributed by atoms with E-state index in [-0.39, 0.29) is 5.91 Å². The Morgan fingerprint density at radius 2 is 1.89 bits per heavy atom. The van der Waals surface area contributed by atoms with Crippen molar-refractivity contribution in [3.63, 3.8) is 0 Å². The van der Waals surface area contributed by atoms with E-state index in [0.29, 0.717) is 23.6 Å². The van der Waals surface area contributed by atoms with E-state index in [1.165, 1.54) is 5.56 Å². The third-order valence-corrected chi connectivity index (χ3v) is 4.35. The van der Waals surface area contributed by atoms with E-state index in [1.54, 1.807) is 24.8 Å². The largest absolute Gasteiger partial charge is 0.492 e. The molecule has 1 N–H and O–H groups in total. The molecule has 0 saturated heterocycles. The highest BCUT2D eigenvalue weighted by Crippen LogP contribution is 2.24. The lowest BCUT2D eigenvalue weighted by Gasteiger charge is -2.19. The Hall–Kier alpha value is -3.41. The fourth-order valence-electron chi connectivity index (χ4n) is 2.78. The van der Waals surface area contributed by atoms with Crippen molar-refractivity contribution in [1.82, 2.24) is 9.97 Å². The van der Waals surface area contributed by atoms with Gasteiger partial charge in [0.05, 0.1) is 29.7 Å². The van der Waals surface area contributed by atoms with Crippen LogP contribution in [0.15, 0.2) is 67.3 Å². The number of amides is 1. The summed E-state index contributed by atoms with van der Waals surface area (Å²) in [5.41, 5.74) is 3.25. The van der Waals surface area contributed by atoms with E-state index in [0.717, 1.165) is 18.7 Å². The van der Waals surface area contributed by atoms with Crippen LogP contribution in [0.3, 0.4) is 0 Å². The summed E-state index contributed by atoms with van der Waals surface area (Å²) in [5, 5.41) is 2.91. The number of hydrogen-bond acceptors (Lipinski definition) is 5. The molecule has 0 bridgehead atoms. The maximum Gasteiger partial charge on any atom is 0.257 e. The number of ether oxygens (including phenoxy) is 1. The Balaban J connectivity index is 1.67. The van der Waals surface area contributed by atoms with E-state index in [1.807, 2.05) is 56.4 Å². The highest BCUT2D eigenvalue weighted by Gasteiger charge is 2.12. The van der Waals surface area contributed by atoms with Crippen LogP contribution in [0.25, 0.3) is 0 Å². The summed E-state index contributed by atoms with van der Waals surface area (Å²) in [7, 11) is 1.99. The number of likely N-dealkylation sites (N-methyl/N-ethyl adjacent to an activating group) is 1. The molecule has 0 saturated carbocycles. The highest BCUT2D eigenvalue weighted by atomic mass is 16.5. The van der Waals surface area contributed by atoms with Gasteiger partial charge >= 0.3 is 0 Å². The van der Waals surface area contributed by atoms with Crippen LogP contribution in [0.4, 0.5) is 11.4 Å². The van der Waals surface area contributed by atoms with E-state index in [4.69, 9.17) is 4.74 Å². The van der Waals surface area contributed by atoms with Gasteiger partial charge in [0.25, 0.3) is 5.91 Å². The van der Waals surface area contributed by atoms with Gasteiger partial charge < -0.3 is 15.0 Å². The van der Waals surface area contributed by atoms with Crippen molar-refractivity contribution in [3.8, 4) is 5.75 Å². The molecule has 0 spiro atoms. The summed E-state index contributed by atoms with van der Waals surface area (Å²) in [6.07, 6.45) is 7.80. The Kier molecular flexibility index (Phi) is 6.57. The number of aromatic nitrogens is 2. The number of rotatable bonds is 8. The Morgan fingerprint density at radius 1 is 1.11 bits per heavy atom. The second-order valence-corrected chi connectivity index (χ2v) is 6.34. The zero-order valence-electron chi connectivity index (χ0n) is 16.1. The fraction of sp³-hybridized carbons (Fsp3) is 0.227. The number of hydrogen-bond donors (Lipinski definition) is 1. The van der Waals surface area contributed by atoms with Crippen molar-refractivity contribution in [1.29, 1.82) is 0 Å². The average molecular weight is 376 g/mol. The van der Waals surface area contributed by atoms with Crippen LogP contribution < -0.4 is 15.0 Å². The highest BCUT2D eigenvalue weighted by molar-refractivity contribution is 6.05. The zero-order valence-corrected chi connectivity index (χ0v) is 16.1. The van der Waals surface area contributed by atoms with Gasteiger partial charge in [0, 0.05) is 32.2 Å². The molecule has 0 aliphatic rings. The number of pyridine rings is 2. The van der Waals surface area contributed by atoms with Gasteiger partial charge in [-0.3, -0.25) is 14.8 Å². The number of nitrogens with zero attached hydrogens (tertiary/aromatic N) is 3. The lowest BCUT2D eigenvalue weighted by atomic mass is 10.2. The first kappa shape index (κ1) is 19.4. The van der Waals surface area contributed by atoms with Crippen molar-refractivity contribution in [2.75, 3.05) is 30.4 Å². The van der Waals surface area contributed by atoms with Gasteiger partial charge in [0.2, 0.25) is 0 Å². The van der Waals surface area contributed by atoms with Crippen LogP contribution in [0.5, 0.6) is 5.75 Å². The number of carbonyl (C=O) groups excluding carboxylic acids is 1. The quantitative estimate of drug-likeness (QED) is 0.648. The fourth-order valence-corrected chi connectivity index (χ4v) is 2.78. The summed E-state index contributed by atoms with van der Waals surface area (Å²) in [6.45, 7) is 3.25. The first-order valence-corrected chi connectivity index (χ1v) is 9.25. The topological polar surface area (TPSA) is 67.3 Å². The van der Waals surface area contributed by atoms with Gasteiger partial charge in [-0.2, -0.15) is 0 Å². The molecule has 2 heterocycles. The molecular formula is C22H24N4O2. The van der Waals surface area contributed by atoms with Gasteiger partial charge in [-0.25, -0.2) is 0 Å². The Bertz CT molecular complexity index is 915. The smallest absolute Gasteiger partial charge is 0.257 e. The number of anilines is 2. The summed E-state index contributed by atoms with van der Waals surface area (Å²) in [5.74, 6) is 0.431. The SMILES string of the molecule is CCOc1ccccc1NC(=O)c1cncc(N(C)CCc2ccncc2)c1. The summed E-state index contributed by atoms with van der Waals surface area (Å²) < 4.78 is 5.57. The number of nitrogens with one attached hydrogen (secondary N) is 1. The number of carbonyl (C=O) groups is 1. The molecule has 0 aliphatic carbocycles. The molecule has 3 aromatic rings. The second kappa shape index (κ2) is 9.50. The van der Waals surface area contributed by atoms with Crippen LogP contribution >= 0.6 is 0 Å². The van der Waals surface area contributed by atoms with E-state index < -0.39 is 0 Å². The van der Waals surface area contributed by atoms with Gasteiger partial charge in [0.1, 0.15) is 5.75 Å². The van der Waals surface area contributed by atoms with Gasteiger partial charge in [-0.15, -0.1) is 0 Å². The molecule has 3 rings (SSSR count). The monoisotopic (exact) mass is 376 g/mol. The third-order valence-electron chi connectivity index (χ3n) is 4.35. The van der Waals surface area contributed by atoms with Crippen LogP contribution in [0, 0.1) is 0 Å². The lowest BCUT2D eigenvalue weighted by molar-refractivity contribution is 0.102. The van der Waals surface area contributed by atoms with Crippen molar-refractivity contribution in [2.45, 2.75) is 13.3 Å². The maximum absolute atomic E-state index is 12.7. The molecule has 0 aliphatic heterocycles. The van der Waals surface area contributed by atoms with Crippen molar-refractivity contribution >= 4 is 17.3 Å². The minimum Gasteiger partial charge on any atom is -0.492 e. The zero-order chi connectivity index (χ0) is 19.8. The predicted octanol–water partition coefficient (Wildman–Crippen LogP) is 3.81. The third kappa shape index (κ3) is 5.07. The molecule has 28 heavy (non-hydrogen) atoms. The van der Waals surface area contributed by atoms with Crippen molar-refractivity contribution in [3.05, 3.63) is 78.4 Å². The normalized spacial score (nSPS) is 10.4. The molecule has 1 aromatic carbocycles. The van der Waals surface area contributed by atoms with Crippen LogP contribution in [-0.2, 0) is 6.42 Å². The number of para-hydroxylation sites is 2. The molecule has 6 nitrogen and oxygen atoms in total. The summed E-state index contributed by atoms with van der Waals surface area (Å²) in [4.78, 5) is 23.0. The molecule has 0 atom stereocenters. The molecule has 0 fully saturated rings. The molecular weight excluding hydrogens is 352 g/mol. The average Bonchev–Trinajstić information content (AvgIpc) is 2.74. The van der Waals surface area contributed by atoms with Gasteiger partial charge in [-0.05, 0) is 49.2 Å². The van der Waals surface area contributed by atoms with Gasteiger partial charge in [-0.1, -0.05) is 12.1 Å². The van der Waals surface area contributed by atoms with E-state index >= 15 is 0 Å². The van der Waals surface area contributed by atoms with Gasteiger partial charge in [0.15, 0.2) is 0 Å².